The molecule has 3 rings (SSSR count). The number of rotatable bonds is 5. The second-order valence-electron chi connectivity index (χ2n) is 5.36. The van der Waals surface area contributed by atoms with Gasteiger partial charge in [-0.05, 0) is 12.1 Å². The van der Waals surface area contributed by atoms with Crippen molar-refractivity contribution in [3.63, 3.8) is 0 Å². The summed E-state index contributed by atoms with van der Waals surface area (Å²) in [6, 6.07) is 7.23. The van der Waals surface area contributed by atoms with Crippen LogP contribution < -0.4 is 5.32 Å². The number of anilines is 1. The number of nitrogens with one attached hydrogen (secondary N) is 1. The third-order valence-electron chi connectivity index (χ3n) is 3.59. The van der Waals surface area contributed by atoms with E-state index in [1.165, 1.54) is 16.7 Å². The van der Waals surface area contributed by atoms with Gasteiger partial charge in [-0.1, -0.05) is 12.1 Å². The van der Waals surface area contributed by atoms with Crippen molar-refractivity contribution < 1.29 is 19.4 Å². The van der Waals surface area contributed by atoms with Crippen molar-refractivity contribution in [2.75, 3.05) is 38.2 Å². The Bertz CT molecular complexity index is 740. The summed E-state index contributed by atoms with van der Waals surface area (Å²) in [7, 11) is 0. The van der Waals surface area contributed by atoms with Crippen LogP contribution in [0.25, 0.3) is 10.6 Å². The molecule has 1 fully saturated rings. The van der Waals surface area contributed by atoms with Crippen molar-refractivity contribution in [1.82, 2.24) is 9.88 Å². The minimum absolute atomic E-state index is 0.0248. The second kappa shape index (κ2) is 7.52. The van der Waals surface area contributed by atoms with E-state index in [-0.39, 0.29) is 11.6 Å². The summed E-state index contributed by atoms with van der Waals surface area (Å²) in [4.78, 5) is 29.2. The highest BCUT2D eigenvalue weighted by molar-refractivity contribution is 7.13. The van der Waals surface area contributed by atoms with E-state index in [1.54, 1.807) is 12.1 Å². The summed E-state index contributed by atoms with van der Waals surface area (Å²) < 4.78 is 5.26. The molecule has 1 aliphatic heterocycles. The number of amides is 1. The fraction of sp³-hybridized carbons (Fsp3) is 0.312. The van der Waals surface area contributed by atoms with Gasteiger partial charge in [-0.15, -0.1) is 11.3 Å². The standard InChI is InChI=1S/C16H17N3O4S/c20-14(9-19-4-6-23-7-5-19)17-12-3-1-2-11(8-12)15-18-13(10-24-15)16(21)22/h1-3,8,10H,4-7,9H2,(H,17,20)(H,21,22). The number of carbonyl (C=O) groups is 2. The molecule has 2 heterocycles. The first-order chi connectivity index (χ1) is 11.6. The number of carboxylic acids is 1. The zero-order valence-corrected chi connectivity index (χ0v) is 13.7. The second-order valence-corrected chi connectivity index (χ2v) is 6.22. The Morgan fingerprint density at radius 3 is 2.83 bits per heavy atom. The van der Waals surface area contributed by atoms with Crippen LogP contribution in [0.15, 0.2) is 29.6 Å². The van der Waals surface area contributed by atoms with Gasteiger partial charge in [-0.3, -0.25) is 9.69 Å². The van der Waals surface area contributed by atoms with E-state index in [1.807, 2.05) is 17.0 Å². The number of nitrogens with zero attached hydrogens (tertiary/aromatic N) is 2. The number of carboxylic acid groups (broad SMARTS) is 1. The summed E-state index contributed by atoms with van der Waals surface area (Å²) >= 11 is 1.26. The maximum absolute atomic E-state index is 12.1. The number of aromatic nitrogens is 1. The molecule has 1 saturated heterocycles. The smallest absolute Gasteiger partial charge is 0.355 e. The SMILES string of the molecule is O=C(CN1CCOCC1)Nc1cccc(-c2nc(C(=O)O)cs2)c1. The van der Waals surface area contributed by atoms with E-state index in [0.29, 0.717) is 30.5 Å². The first-order valence-corrected chi connectivity index (χ1v) is 8.39. The predicted octanol–water partition coefficient (Wildman–Crippen LogP) is 1.78. The monoisotopic (exact) mass is 347 g/mol. The molecule has 2 aromatic rings. The Balaban J connectivity index is 1.66. The van der Waals surface area contributed by atoms with Crippen LogP contribution in [-0.2, 0) is 9.53 Å². The van der Waals surface area contributed by atoms with E-state index in [2.05, 4.69) is 10.3 Å². The van der Waals surface area contributed by atoms with Crippen molar-refractivity contribution in [2.24, 2.45) is 0 Å². The Labute approximate surface area is 142 Å². The summed E-state index contributed by atoms with van der Waals surface area (Å²) in [5.74, 6) is -1.13. The van der Waals surface area contributed by atoms with Crippen molar-refractivity contribution in [2.45, 2.75) is 0 Å². The molecule has 0 saturated carbocycles. The molecule has 1 aromatic carbocycles. The van der Waals surface area contributed by atoms with Crippen LogP contribution in [0.3, 0.4) is 0 Å². The van der Waals surface area contributed by atoms with Gasteiger partial charge in [0.1, 0.15) is 5.01 Å². The van der Waals surface area contributed by atoms with Crippen molar-refractivity contribution >= 4 is 28.9 Å². The van der Waals surface area contributed by atoms with Crippen molar-refractivity contribution in [3.8, 4) is 10.6 Å². The van der Waals surface area contributed by atoms with Gasteiger partial charge >= 0.3 is 5.97 Å². The Morgan fingerprint density at radius 2 is 2.12 bits per heavy atom. The molecule has 1 aromatic heterocycles. The van der Waals surface area contributed by atoms with E-state index in [9.17, 15) is 9.59 Å². The predicted molar refractivity (Wildman–Crippen MR) is 90.4 cm³/mol. The number of morpholine rings is 1. The molecule has 126 valence electrons. The topological polar surface area (TPSA) is 91.8 Å². The highest BCUT2D eigenvalue weighted by Crippen LogP contribution is 2.26. The molecule has 0 aliphatic carbocycles. The molecule has 24 heavy (non-hydrogen) atoms. The van der Waals surface area contributed by atoms with E-state index in [4.69, 9.17) is 9.84 Å². The lowest BCUT2D eigenvalue weighted by Crippen LogP contribution is -2.41. The Hall–Kier alpha value is -2.29. The van der Waals surface area contributed by atoms with E-state index in [0.717, 1.165) is 18.7 Å². The lowest BCUT2D eigenvalue weighted by atomic mass is 10.2. The lowest BCUT2D eigenvalue weighted by molar-refractivity contribution is -0.118. The molecule has 7 nitrogen and oxygen atoms in total. The summed E-state index contributed by atoms with van der Waals surface area (Å²) in [5.41, 5.74) is 1.46. The van der Waals surface area contributed by atoms with Gasteiger partial charge in [-0.2, -0.15) is 0 Å². The van der Waals surface area contributed by atoms with E-state index < -0.39 is 5.97 Å². The molecule has 0 unspecified atom stereocenters. The number of carbonyl (C=O) groups excluding carboxylic acids is 1. The fourth-order valence-corrected chi connectivity index (χ4v) is 3.19. The Kier molecular flexibility index (Phi) is 5.19. The fourth-order valence-electron chi connectivity index (χ4n) is 2.40. The third kappa shape index (κ3) is 4.16. The van der Waals surface area contributed by atoms with Gasteiger partial charge < -0.3 is 15.2 Å². The zero-order valence-electron chi connectivity index (χ0n) is 12.9. The number of hydrogen-bond acceptors (Lipinski definition) is 6. The van der Waals surface area contributed by atoms with Crippen LogP contribution in [0.5, 0.6) is 0 Å². The van der Waals surface area contributed by atoms with Crippen molar-refractivity contribution in [1.29, 1.82) is 0 Å². The van der Waals surface area contributed by atoms with E-state index >= 15 is 0 Å². The number of hydrogen-bond donors (Lipinski definition) is 2. The molecule has 1 aliphatic rings. The first-order valence-electron chi connectivity index (χ1n) is 7.51. The first kappa shape index (κ1) is 16.6. The molecule has 8 heteroatoms. The molecule has 1 amide bonds. The van der Waals surface area contributed by atoms with Gasteiger partial charge in [0.05, 0.1) is 19.8 Å². The van der Waals surface area contributed by atoms with Gasteiger partial charge in [0.2, 0.25) is 5.91 Å². The summed E-state index contributed by atoms with van der Waals surface area (Å²) in [6.07, 6.45) is 0. The van der Waals surface area contributed by atoms with Gasteiger partial charge in [0.25, 0.3) is 0 Å². The maximum Gasteiger partial charge on any atom is 0.355 e. The van der Waals surface area contributed by atoms with Gasteiger partial charge in [0, 0.05) is 29.7 Å². The number of benzene rings is 1. The van der Waals surface area contributed by atoms with Crippen LogP contribution >= 0.6 is 11.3 Å². The summed E-state index contributed by atoms with van der Waals surface area (Å²) in [5, 5.41) is 13.9. The minimum Gasteiger partial charge on any atom is -0.476 e. The molecule has 2 N–H and O–H groups in total. The van der Waals surface area contributed by atoms with Crippen LogP contribution in [0.2, 0.25) is 0 Å². The summed E-state index contributed by atoms with van der Waals surface area (Å²) in [6.45, 7) is 3.14. The van der Waals surface area contributed by atoms with Crippen molar-refractivity contribution in [3.05, 3.63) is 35.3 Å². The molecular weight excluding hydrogens is 330 g/mol. The van der Waals surface area contributed by atoms with Crippen LogP contribution in [0.4, 0.5) is 5.69 Å². The van der Waals surface area contributed by atoms with Crippen LogP contribution in [0, 0.1) is 0 Å². The average molecular weight is 347 g/mol. The highest BCUT2D eigenvalue weighted by atomic mass is 32.1. The Morgan fingerprint density at radius 1 is 1.33 bits per heavy atom. The number of thiazole rings is 1. The molecule has 0 spiro atoms. The number of aromatic carboxylic acids is 1. The molecule has 0 radical (unpaired) electrons. The quantitative estimate of drug-likeness (QED) is 0.857. The van der Waals surface area contributed by atoms with Crippen LogP contribution in [0.1, 0.15) is 10.5 Å². The van der Waals surface area contributed by atoms with Gasteiger partial charge in [-0.25, -0.2) is 9.78 Å². The normalized spacial score (nSPS) is 15.2. The van der Waals surface area contributed by atoms with Crippen LogP contribution in [-0.4, -0.2) is 59.7 Å². The molecule has 0 bridgehead atoms. The third-order valence-corrected chi connectivity index (χ3v) is 4.48. The van der Waals surface area contributed by atoms with Gasteiger partial charge in [0.15, 0.2) is 5.69 Å². The molecular formula is C16H17N3O4S. The highest BCUT2D eigenvalue weighted by Gasteiger charge is 2.15. The molecule has 0 atom stereocenters. The zero-order chi connectivity index (χ0) is 16.9. The maximum atomic E-state index is 12.1. The number of ether oxygens (including phenoxy) is 1. The largest absolute Gasteiger partial charge is 0.476 e. The minimum atomic E-state index is -1.05. The average Bonchev–Trinajstić information content (AvgIpc) is 3.06. The lowest BCUT2D eigenvalue weighted by Gasteiger charge is -2.25.